The number of aromatic nitrogens is 5. The second-order valence-corrected chi connectivity index (χ2v) is 7.35. The molecule has 0 saturated carbocycles. The van der Waals surface area contributed by atoms with Crippen LogP contribution in [0.4, 0.5) is 5.82 Å². The van der Waals surface area contributed by atoms with Crippen molar-refractivity contribution >= 4 is 16.9 Å². The molecular formula is C19H25N7O. The van der Waals surface area contributed by atoms with Gasteiger partial charge >= 0.3 is 0 Å². The van der Waals surface area contributed by atoms with Crippen molar-refractivity contribution in [3.63, 3.8) is 0 Å². The van der Waals surface area contributed by atoms with Gasteiger partial charge in [-0.15, -0.1) is 0 Å². The lowest BCUT2D eigenvalue weighted by Crippen LogP contribution is -2.47. The van der Waals surface area contributed by atoms with Crippen molar-refractivity contribution in [1.29, 1.82) is 0 Å². The summed E-state index contributed by atoms with van der Waals surface area (Å²) in [6, 6.07) is 2.75. The SMILES string of the molecule is CC(C)n1ncc2cc(CN[C@H]3CCCN(c4ncc[nH]c4=O)C3)cnc21. The summed E-state index contributed by atoms with van der Waals surface area (Å²) in [7, 11) is 0. The van der Waals surface area contributed by atoms with Gasteiger partial charge in [0.15, 0.2) is 11.5 Å². The molecule has 0 radical (unpaired) electrons. The highest BCUT2D eigenvalue weighted by molar-refractivity contribution is 5.75. The van der Waals surface area contributed by atoms with Crippen molar-refractivity contribution in [2.75, 3.05) is 18.0 Å². The van der Waals surface area contributed by atoms with Gasteiger partial charge in [0.2, 0.25) is 0 Å². The highest BCUT2D eigenvalue weighted by Gasteiger charge is 2.22. The molecule has 1 saturated heterocycles. The van der Waals surface area contributed by atoms with E-state index in [4.69, 9.17) is 0 Å². The Morgan fingerprint density at radius 2 is 2.22 bits per heavy atom. The Balaban J connectivity index is 1.42. The molecule has 142 valence electrons. The Bertz CT molecular complexity index is 977. The molecular weight excluding hydrogens is 342 g/mol. The number of nitrogens with one attached hydrogen (secondary N) is 2. The van der Waals surface area contributed by atoms with Gasteiger partial charge in [-0.2, -0.15) is 5.10 Å². The van der Waals surface area contributed by atoms with Gasteiger partial charge in [-0.05, 0) is 38.3 Å². The zero-order chi connectivity index (χ0) is 18.8. The molecule has 3 aromatic rings. The molecule has 8 heteroatoms. The number of hydrogen-bond donors (Lipinski definition) is 2. The molecule has 2 N–H and O–H groups in total. The quantitative estimate of drug-likeness (QED) is 0.715. The van der Waals surface area contributed by atoms with Crippen LogP contribution >= 0.6 is 0 Å². The van der Waals surface area contributed by atoms with Gasteiger partial charge in [-0.25, -0.2) is 14.6 Å². The molecule has 0 aromatic carbocycles. The Labute approximate surface area is 157 Å². The third-order valence-corrected chi connectivity index (χ3v) is 4.98. The van der Waals surface area contributed by atoms with Gasteiger partial charge in [-0.3, -0.25) is 4.79 Å². The van der Waals surface area contributed by atoms with E-state index >= 15 is 0 Å². The molecule has 1 aliphatic heterocycles. The number of piperidine rings is 1. The van der Waals surface area contributed by atoms with Crippen LogP contribution < -0.4 is 15.8 Å². The lowest BCUT2D eigenvalue weighted by molar-refractivity contribution is 0.419. The van der Waals surface area contributed by atoms with Crippen LogP contribution in [0.2, 0.25) is 0 Å². The molecule has 8 nitrogen and oxygen atoms in total. The van der Waals surface area contributed by atoms with E-state index in [0.29, 0.717) is 17.9 Å². The Hall–Kier alpha value is -2.74. The molecule has 1 fully saturated rings. The fourth-order valence-corrected chi connectivity index (χ4v) is 3.63. The van der Waals surface area contributed by atoms with Gasteiger partial charge in [0, 0.05) is 55.7 Å². The summed E-state index contributed by atoms with van der Waals surface area (Å²) in [6.07, 6.45) is 9.11. The van der Waals surface area contributed by atoms with Crippen molar-refractivity contribution in [2.45, 2.75) is 45.3 Å². The first-order valence-corrected chi connectivity index (χ1v) is 9.46. The summed E-state index contributed by atoms with van der Waals surface area (Å²) in [6.45, 7) is 6.59. The third kappa shape index (κ3) is 3.71. The van der Waals surface area contributed by atoms with Gasteiger partial charge in [0.25, 0.3) is 5.56 Å². The van der Waals surface area contributed by atoms with Crippen LogP contribution in [0.5, 0.6) is 0 Å². The number of fused-ring (bicyclic) bond motifs is 1. The molecule has 0 spiro atoms. The van der Waals surface area contributed by atoms with E-state index in [0.717, 1.165) is 49.1 Å². The van der Waals surface area contributed by atoms with Crippen molar-refractivity contribution in [3.8, 4) is 0 Å². The third-order valence-electron chi connectivity index (χ3n) is 4.98. The summed E-state index contributed by atoms with van der Waals surface area (Å²) >= 11 is 0. The maximum Gasteiger partial charge on any atom is 0.290 e. The van der Waals surface area contributed by atoms with E-state index in [1.807, 2.05) is 17.1 Å². The molecule has 0 unspecified atom stereocenters. The first kappa shape index (κ1) is 17.7. The largest absolute Gasteiger partial charge is 0.350 e. The smallest absolute Gasteiger partial charge is 0.290 e. The number of nitrogens with zero attached hydrogens (tertiary/aromatic N) is 5. The fourth-order valence-electron chi connectivity index (χ4n) is 3.63. The van der Waals surface area contributed by atoms with Crippen LogP contribution in [0.1, 0.15) is 38.3 Å². The van der Waals surface area contributed by atoms with Crippen LogP contribution in [0, 0.1) is 0 Å². The zero-order valence-corrected chi connectivity index (χ0v) is 15.7. The van der Waals surface area contributed by atoms with E-state index in [-0.39, 0.29) is 5.56 Å². The second kappa shape index (κ2) is 7.48. The Morgan fingerprint density at radius 3 is 3.04 bits per heavy atom. The minimum Gasteiger partial charge on any atom is -0.350 e. The summed E-state index contributed by atoms with van der Waals surface area (Å²) in [5, 5.41) is 9.09. The topological polar surface area (TPSA) is 91.7 Å². The Morgan fingerprint density at radius 1 is 1.33 bits per heavy atom. The number of hydrogen-bond acceptors (Lipinski definition) is 6. The van der Waals surface area contributed by atoms with E-state index in [2.05, 4.69) is 50.2 Å². The van der Waals surface area contributed by atoms with Gasteiger partial charge in [-0.1, -0.05) is 0 Å². The van der Waals surface area contributed by atoms with Gasteiger partial charge < -0.3 is 15.2 Å². The first-order valence-electron chi connectivity index (χ1n) is 9.46. The maximum absolute atomic E-state index is 12.0. The summed E-state index contributed by atoms with van der Waals surface area (Å²) in [5.74, 6) is 0.508. The molecule has 3 aromatic heterocycles. The molecule has 1 aliphatic rings. The van der Waals surface area contributed by atoms with Crippen molar-refractivity contribution < 1.29 is 0 Å². The maximum atomic E-state index is 12.0. The zero-order valence-electron chi connectivity index (χ0n) is 15.7. The molecule has 27 heavy (non-hydrogen) atoms. The van der Waals surface area contributed by atoms with Crippen molar-refractivity contribution in [3.05, 3.63) is 46.8 Å². The molecule has 4 heterocycles. The lowest BCUT2D eigenvalue weighted by atomic mass is 10.1. The monoisotopic (exact) mass is 367 g/mol. The average Bonchev–Trinajstić information content (AvgIpc) is 3.10. The average molecular weight is 367 g/mol. The van der Waals surface area contributed by atoms with E-state index in [1.54, 1.807) is 12.4 Å². The fraction of sp³-hybridized carbons (Fsp3) is 0.474. The van der Waals surface area contributed by atoms with E-state index in [9.17, 15) is 4.79 Å². The van der Waals surface area contributed by atoms with Gasteiger partial charge in [0.1, 0.15) is 0 Å². The molecule has 0 bridgehead atoms. The standard InChI is InChI=1S/C19H25N7O/c1-13(2)26-17-15(11-24-26)8-14(10-23-17)9-22-16-4-3-7-25(12-16)18-19(27)21-6-5-20-18/h5-6,8,10-11,13,16,22H,3-4,7,9,12H2,1-2H3,(H,21,27)/t16-/m0/s1. The van der Waals surface area contributed by atoms with Crippen molar-refractivity contribution in [1.82, 2.24) is 30.0 Å². The normalized spacial score (nSPS) is 17.7. The van der Waals surface area contributed by atoms with E-state index < -0.39 is 0 Å². The molecule has 0 aliphatic carbocycles. The summed E-state index contributed by atoms with van der Waals surface area (Å²) in [4.78, 5) is 25.6. The van der Waals surface area contributed by atoms with E-state index in [1.165, 1.54) is 0 Å². The minimum absolute atomic E-state index is 0.130. The Kier molecular flexibility index (Phi) is 4.89. The van der Waals surface area contributed by atoms with Crippen molar-refractivity contribution in [2.24, 2.45) is 0 Å². The number of aromatic amines is 1. The molecule has 1 atom stereocenters. The number of rotatable bonds is 5. The van der Waals surface area contributed by atoms with Gasteiger partial charge in [0.05, 0.1) is 6.20 Å². The number of H-pyrrole nitrogens is 1. The highest BCUT2D eigenvalue weighted by atomic mass is 16.1. The number of anilines is 1. The van der Waals surface area contributed by atoms with Crippen LogP contribution in [0.25, 0.3) is 11.0 Å². The highest BCUT2D eigenvalue weighted by Crippen LogP contribution is 2.18. The second-order valence-electron chi connectivity index (χ2n) is 7.35. The predicted octanol–water partition coefficient (Wildman–Crippen LogP) is 1.85. The minimum atomic E-state index is -0.130. The predicted molar refractivity (Wildman–Crippen MR) is 105 cm³/mol. The molecule has 4 rings (SSSR count). The van der Waals surface area contributed by atoms with Crippen LogP contribution in [-0.4, -0.2) is 43.9 Å². The summed E-state index contributed by atoms with van der Waals surface area (Å²) in [5.41, 5.74) is 1.93. The van der Waals surface area contributed by atoms with Crippen LogP contribution in [0.3, 0.4) is 0 Å². The number of pyridine rings is 1. The molecule has 0 amide bonds. The van der Waals surface area contributed by atoms with Crippen LogP contribution in [0.15, 0.2) is 35.6 Å². The first-order chi connectivity index (χ1) is 13.1. The lowest BCUT2D eigenvalue weighted by Gasteiger charge is -2.33. The summed E-state index contributed by atoms with van der Waals surface area (Å²) < 4.78 is 1.94. The van der Waals surface area contributed by atoms with Crippen LogP contribution in [-0.2, 0) is 6.54 Å².